The minimum Gasteiger partial charge on any atom is -0.388 e. The minimum absolute atomic E-state index is 0.252. The van der Waals surface area contributed by atoms with Gasteiger partial charge in [-0.1, -0.05) is 12.2 Å². The van der Waals surface area contributed by atoms with Crippen molar-refractivity contribution in [3.05, 3.63) is 54.1 Å². The molecular weight excluding hydrogens is 261 g/mol. The van der Waals surface area contributed by atoms with Crippen LogP contribution in [0.4, 0.5) is 15.8 Å². The molecule has 3 nitrogen and oxygen atoms in total. The summed E-state index contributed by atoms with van der Waals surface area (Å²) < 4.78 is 13.0. The number of nitrogens with two attached hydrogens (primary N) is 1. The minimum atomic E-state index is -0.252. The molecule has 0 amide bonds. The van der Waals surface area contributed by atoms with Gasteiger partial charge in [-0.2, -0.15) is 0 Å². The molecule has 0 spiro atoms. The lowest BCUT2D eigenvalue weighted by atomic mass is 10.2. The van der Waals surface area contributed by atoms with E-state index in [0.29, 0.717) is 5.69 Å². The molecule has 2 aromatic rings. The van der Waals surface area contributed by atoms with Crippen molar-refractivity contribution >= 4 is 28.6 Å². The molecule has 0 atom stereocenters. The van der Waals surface area contributed by atoms with E-state index in [9.17, 15) is 4.39 Å². The van der Waals surface area contributed by atoms with Crippen LogP contribution in [-0.2, 0) is 0 Å². The number of anilines is 2. The van der Waals surface area contributed by atoms with Gasteiger partial charge in [0, 0.05) is 24.1 Å². The van der Waals surface area contributed by atoms with Gasteiger partial charge < -0.3 is 10.6 Å². The molecule has 0 saturated carbocycles. The first-order valence-corrected chi connectivity index (χ1v) is 6.31. The normalized spacial score (nSPS) is 10.2. The predicted molar refractivity (Wildman–Crippen MR) is 79.2 cm³/mol. The predicted octanol–water partition coefficient (Wildman–Crippen LogP) is 3.01. The Labute approximate surface area is 116 Å². The van der Waals surface area contributed by atoms with Crippen LogP contribution in [0.1, 0.15) is 12.6 Å². The second-order valence-electron chi connectivity index (χ2n) is 3.98. The molecule has 0 aliphatic heterocycles. The van der Waals surface area contributed by atoms with E-state index in [2.05, 4.69) is 4.98 Å². The second kappa shape index (κ2) is 5.75. The summed E-state index contributed by atoms with van der Waals surface area (Å²) in [5.41, 5.74) is 7.99. The van der Waals surface area contributed by atoms with E-state index < -0.39 is 0 Å². The Morgan fingerprint density at radius 3 is 2.53 bits per heavy atom. The van der Waals surface area contributed by atoms with Crippen LogP contribution in [0.2, 0.25) is 0 Å². The molecule has 19 heavy (non-hydrogen) atoms. The van der Waals surface area contributed by atoms with E-state index in [0.717, 1.165) is 17.9 Å². The van der Waals surface area contributed by atoms with Gasteiger partial charge in [0.05, 0.1) is 5.69 Å². The summed E-state index contributed by atoms with van der Waals surface area (Å²) in [7, 11) is 0. The maximum atomic E-state index is 13.0. The number of hydrogen-bond donors (Lipinski definition) is 1. The summed E-state index contributed by atoms with van der Waals surface area (Å²) in [4.78, 5) is 6.40. The van der Waals surface area contributed by atoms with Gasteiger partial charge in [-0.25, -0.2) is 4.39 Å². The van der Waals surface area contributed by atoms with Crippen LogP contribution in [0.25, 0.3) is 0 Å². The topological polar surface area (TPSA) is 42.2 Å². The maximum absolute atomic E-state index is 13.0. The van der Waals surface area contributed by atoms with E-state index in [1.807, 2.05) is 24.0 Å². The average Bonchev–Trinajstić information content (AvgIpc) is 2.42. The maximum Gasteiger partial charge on any atom is 0.123 e. The Bertz CT molecular complexity index is 583. The summed E-state index contributed by atoms with van der Waals surface area (Å²) >= 11 is 4.93. The molecule has 0 radical (unpaired) electrons. The Hall–Kier alpha value is -2.01. The molecular formula is C14H14FN3S. The Kier molecular flexibility index (Phi) is 4.06. The number of rotatable bonds is 4. The van der Waals surface area contributed by atoms with E-state index in [1.54, 1.807) is 18.3 Å². The van der Waals surface area contributed by atoms with Crippen molar-refractivity contribution in [1.82, 2.24) is 4.98 Å². The van der Waals surface area contributed by atoms with E-state index >= 15 is 0 Å². The van der Waals surface area contributed by atoms with Crippen molar-refractivity contribution in [3.63, 3.8) is 0 Å². The molecule has 1 heterocycles. The molecule has 1 aromatic heterocycles. The summed E-state index contributed by atoms with van der Waals surface area (Å²) in [5, 5.41) is 0. The van der Waals surface area contributed by atoms with E-state index in [-0.39, 0.29) is 10.8 Å². The standard InChI is InChI=1S/C14H14FN3S/c1-2-18(11-5-3-10(15)4-6-11)12-7-8-17-13(9-12)14(16)19/h3-9H,2H2,1H3,(H2,16,19). The third-order valence-corrected chi connectivity index (χ3v) is 2.97. The van der Waals surface area contributed by atoms with Crippen molar-refractivity contribution in [3.8, 4) is 0 Å². The summed E-state index contributed by atoms with van der Waals surface area (Å²) in [6.45, 7) is 2.76. The molecule has 2 N–H and O–H groups in total. The van der Waals surface area contributed by atoms with Gasteiger partial charge in [-0.15, -0.1) is 0 Å². The first-order valence-electron chi connectivity index (χ1n) is 5.90. The number of halogens is 1. The third-order valence-electron chi connectivity index (χ3n) is 2.76. The lowest BCUT2D eigenvalue weighted by Gasteiger charge is -2.23. The van der Waals surface area contributed by atoms with Crippen LogP contribution >= 0.6 is 12.2 Å². The first kappa shape index (κ1) is 13.4. The highest BCUT2D eigenvalue weighted by molar-refractivity contribution is 7.80. The zero-order chi connectivity index (χ0) is 13.8. The van der Waals surface area contributed by atoms with Gasteiger partial charge in [-0.3, -0.25) is 4.98 Å². The van der Waals surface area contributed by atoms with Crippen LogP contribution in [-0.4, -0.2) is 16.5 Å². The fourth-order valence-electron chi connectivity index (χ4n) is 1.86. The molecule has 2 rings (SSSR count). The van der Waals surface area contributed by atoms with Gasteiger partial charge in [0.25, 0.3) is 0 Å². The lowest BCUT2D eigenvalue weighted by molar-refractivity contribution is 0.628. The van der Waals surface area contributed by atoms with Crippen molar-refractivity contribution in [2.24, 2.45) is 5.73 Å². The third kappa shape index (κ3) is 3.06. The molecule has 0 aliphatic carbocycles. The van der Waals surface area contributed by atoms with Crippen LogP contribution in [0, 0.1) is 5.82 Å². The molecule has 0 aliphatic rings. The molecule has 0 fully saturated rings. The summed E-state index contributed by atoms with van der Waals surface area (Å²) in [6.07, 6.45) is 1.66. The van der Waals surface area contributed by atoms with Crippen LogP contribution in [0.15, 0.2) is 42.6 Å². The average molecular weight is 275 g/mol. The summed E-state index contributed by atoms with van der Waals surface area (Å²) in [6, 6.07) is 10.0. The smallest absolute Gasteiger partial charge is 0.123 e. The number of aromatic nitrogens is 1. The zero-order valence-corrected chi connectivity index (χ0v) is 11.3. The van der Waals surface area contributed by atoms with Gasteiger partial charge in [0.1, 0.15) is 10.8 Å². The lowest BCUT2D eigenvalue weighted by Crippen LogP contribution is -2.18. The number of hydrogen-bond acceptors (Lipinski definition) is 3. The Balaban J connectivity index is 2.39. The fraction of sp³-hybridized carbons (Fsp3) is 0.143. The van der Waals surface area contributed by atoms with Gasteiger partial charge >= 0.3 is 0 Å². The fourth-order valence-corrected chi connectivity index (χ4v) is 1.97. The second-order valence-corrected chi connectivity index (χ2v) is 4.42. The SMILES string of the molecule is CCN(c1ccc(F)cc1)c1ccnc(C(N)=S)c1. The van der Waals surface area contributed by atoms with Crippen molar-refractivity contribution < 1.29 is 4.39 Å². The van der Waals surface area contributed by atoms with Crippen LogP contribution in [0.3, 0.4) is 0 Å². The first-order chi connectivity index (χ1) is 9.11. The van der Waals surface area contributed by atoms with Gasteiger partial charge in [0.2, 0.25) is 0 Å². The van der Waals surface area contributed by atoms with E-state index in [4.69, 9.17) is 18.0 Å². The molecule has 0 bridgehead atoms. The quantitative estimate of drug-likeness (QED) is 0.871. The zero-order valence-electron chi connectivity index (χ0n) is 10.5. The molecule has 0 saturated heterocycles. The van der Waals surface area contributed by atoms with Crippen LogP contribution in [0.5, 0.6) is 0 Å². The molecule has 1 aromatic carbocycles. The van der Waals surface area contributed by atoms with Gasteiger partial charge in [0.15, 0.2) is 0 Å². The summed E-state index contributed by atoms with van der Waals surface area (Å²) in [5.74, 6) is -0.252. The number of nitrogens with zero attached hydrogens (tertiary/aromatic N) is 2. The number of thiocarbonyl (C=S) groups is 1. The molecule has 98 valence electrons. The highest BCUT2D eigenvalue weighted by Gasteiger charge is 2.09. The molecule has 5 heteroatoms. The van der Waals surface area contributed by atoms with Crippen molar-refractivity contribution in [2.45, 2.75) is 6.92 Å². The Morgan fingerprint density at radius 1 is 1.26 bits per heavy atom. The monoisotopic (exact) mass is 275 g/mol. The number of benzene rings is 1. The molecule has 0 unspecified atom stereocenters. The largest absolute Gasteiger partial charge is 0.388 e. The highest BCUT2D eigenvalue weighted by atomic mass is 32.1. The Morgan fingerprint density at radius 2 is 1.95 bits per heavy atom. The van der Waals surface area contributed by atoms with Gasteiger partial charge in [-0.05, 0) is 43.3 Å². The van der Waals surface area contributed by atoms with Crippen LogP contribution < -0.4 is 10.6 Å². The van der Waals surface area contributed by atoms with Crippen molar-refractivity contribution in [1.29, 1.82) is 0 Å². The van der Waals surface area contributed by atoms with Crippen molar-refractivity contribution in [2.75, 3.05) is 11.4 Å². The number of pyridine rings is 1. The highest BCUT2D eigenvalue weighted by Crippen LogP contribution is 2.25. The van der Waals surface area contributed by atoms with E-state index in [1.165, 1.54) is 12.1 Å².